The highest BCUT2D eigenvalue weighted by molar-refractivity contribution is 5.31. The maximum Gasteiger partial charge on any atom is 0.264 e. The second kappa shape index (κ2) is 6.62. The zero-order valence-corrected chi connectivity index (χ0v) is 11.9. The average Bonchev–Trinajstić information content (AvgIpc) is 2.85. The Kier molecular flexibility index (Phi) is 4.85. The van der Waals surface area contributed by atoms with Gasteiger partial charge < -0.3 is 15.0 Å². The van der Waals surface area contributed by atoms with E-state index in [-0.39, 0.29) is 18.5 Å². The van der Waals surface area contributed by atoms with E-state index in [2.05, 4.69) is 10.1 Å². The summed E-state index contributed by atoms with van der Waals surface area (Å²) in [5, 5.41) is 3.67. The molecule has 1 atom stereocenters. The van der Waals surface area contributed by atoms with E-state index < -0.39 is 17.4 Å². The summed E-state index contributed by atoms with van der Waals surface area (Å²) in [5.41, 5.74) is 6.09. The quantitative estimate of drug-likeness (QED) is 0.886. The minimum Gasteiger partial charge on any atom is -0.478 e. The summed E-state index contributed by atoms with van der Waals surface area (Å²) in [6, 6.07) is 2.25. The van der Waals surface area contributed by atoms with Gasteiger partial charge in [-0.15, -0.1) is 0 Å². The van der Waals surface area contributed by atoms with Gasteiger partial charge in [0.15, 0.2) is 29.8 Å². The lowest BCUT2D eigenvalue weighted by molar-refractivity contribution is 0.224. The van der Waals surface area contributed by atoms with Gasteiger partial charge in [-0.3, -0.25) is 0 Å². The summed E-state index contributed by atoms with van der Waals surface area (Å²) < 4.78 is 37.7. The normalized spacial score (nSPS) is 12.4. The molecule has 1 aromatic heterocycles. The number of halogens is 2. The van der Waals surface area contributed by atoms with E-state index >= 15 is 0 Å². The number of nitrogens with two attached hydrogens (primary N) is 1. The van der Waals surface area contributed by atoms with Crippen LogP contribution in [-0.4, -0.2) is 16.2 Å². The monoisotopic (exact) mass is 297 g/mol. The molecule has 7 heteroatoms. The van der Waals surface area contributed by atoms with Crippen molar-refractivity contribution < 1.29 is 18.0 Å². The van der Waals surface area contributed by atoms with Crippen LogP contribution in [0, 0.1) is 11.6 Å². The van der Waals surface area contributed by atoms with E-state index in [1.165, 1.54) is 12.1 Å². The Morgan fingerprint density at radius 1 is 1.33 bits per heavy atom. The molecule has 1 heterocycles. The summed E-state index contributed by atoms with van der Waals surface area (Å²) >= 11 is 0. The molecule has 2 aromatic rings. The molecule has 2 N–H and O–H groups in total. The number of hydrogen-bond acceptors (Lipinski definition) is 5. The van der Waals surface area contributed by atoms with Crippen LogP contribution in [0.1, 0.15) is 31.1 Å². The largest absolute Gasteiger partial charge is 0.478 e. The van der Waals surface area contributed by atoms with Gasteiger partial charge in [-0.25, -0.2) is 8.78 Å². The lowest BCUT2D eigenvalue weighted by Gasteiger charge is -2.10. The smallest absolute Gasteiger partial charge is 0.264 e. The molecule has 0 saturated heterocycles. The zero-order chi connectivity index (χ0) is 15.4. The third-order valence-electron chi connectivity index (χ3n) is 2.78. The van der Waals surface area contributed by atoms with Crippen LogP contribution < -0.4 is 10.5 Å². The van der Waals surface area contributed by atoms with Crippen LogP contribution in [0.4, 0.5) is 8.78 Å². The van der Waals surface area contributed by atoms with Crippen LogP contribution in [0.25, 0.3) is 0 Å². The Morgan fingerprint density at radius 3 is 2.52 bits per heavy atom. The number of aromatic nitrogens is 2. The van der Waals surface area contributed by atoms with Gasteiger partial charge in [0.2, 0.25) is 0 Å². The van der Waals surface area contributed by atoms with E-state index in [9.17, 15) is 8.78 Å². The third-order valence-corrected chi connectivity index (χ3v) is 2.78. The molecular weight excluding hydrogens is 280 g/mol. The summed E-state index contributed by atoms with van der Waals surface area (Å²) in [6.45, 7) is 3.45. The van der Waals surface area contributed by atoms with Crippen LogP contribution in [0.5, 0.6) is 5.75 Å². The minimum atomic E-state index is -0.777. The Balaban J connectivity index is 2.09. The second-order valence-corrected chi connectivity index (χ2v) is 4.82. The SMILES string of the molecule is CCc1noc(COc2c(F)cc(CC(C)N)cc2F)n1. The molecule has 0 amide bonds. The first-order valence-electron chi connectivity index (χ1n) is 6.67. The molecule has 21 heavy (non-hydrogen) atoms. The van der Waals surface area contributed by atoms with Gasteiger partial charge in [-0.2, -0.15) is 4.98 Å². The van der Waals surface area contributed by atoms with Crippen molar-refractivity contribution in [1.29, 1.82) is 0 Å². The molecule has 0 fully saturated rings. The fourth-order valence-corrected chi connectivity index (χ4v) is 1.87. The van der Waals surface area contributed by atoms with Crippen LogP contribution in [0.3, 0.4) is 0 Å². The van der Waals surface area contributed by atoms with Crippen molar-refractivity contribution in [1.82, 2.24) is 10.1 Å². The zero-order valence-electron chi connectivity index (χ0n) is 11.9. The van der Waals surface area contributed by atoms with Crippen molar-refractivity contribution in [2.45, 2.75) is 39.3 Å². The number of rotatable bonds is 6. The van der Waals surface area contributed by atoms with Gasteiger partial charge in [0, 0.05) is 12.5 Å². The molecule has 0 aliphatic rings. The Labute approximate surface area is 121 Å². The first kappa shape index (κ1) is 15.4. The lowest BCUT2D eigenvalue weighted by Crippen LogP contribution is -2.18. The van der Waals surface area contributed by atoms with Crippen LogP contribution in [0.2, 0.25) is 0 Å². The lowest BCUT2D eigenvalue weighted by atomic mass is 10.1. The van der Waals surface area contributed by atoms with Gasteiger partial charge in [0.1, 0.15) is 0 Å². The van der Waals surface area contributed by atoms with E-state index in [4.69, 9.17) is 15.0 Å². The molecule has 5 nitrogen and oxygen atoms in total. The van der Waals surface area contributed by atoms with Gasteiger partial charge >= 0.3 is 0 Å². The number of nitrogens with zero attached hydrogens (tertiary/aromatic N) is 2. The molecule has 0 radical (unpaired) electrons. The molecule has 1 aromatic carbocycles. The number of hydrogen-bond donors (Lipinski definition) is 1. The molecule has 114 valence electrons. The van der Waals surface area contributed by atoms with Gasteiger partial charge in [0.05, 0.1) is 0 Å². The van der Waals surface area contributed by atoms with Gasteiger partial charge in [0.25, 0.3) is 5.89 Å². The van der Waals surface area contributed by atoms with E-state index in [1.807, 2.05) is 6.92 Å². The summed E-state index contributed by atoms with van der Waals surface area (Å²) in [5.74, 6) is -1.33. The molecule has 0 spiro atoms. The molecule has 0 aliphatic carbocycles. The fourth-order valence-electron chi connectivity index (χ4n) is 1.87. The van der Waals surface area contributed by atoms with Crippen molar-refractivity contribution in [3.8, 4) is 5.75 Å². The molecular formula is C14H17F2N3O2. The van der Waals surface area contributed by atoms with E-state index in [0.717, 1.165) is 0 Å². The molecule has 0 aliphatic heterocycles. The topological polar surface area (TPSA) is 74.2 Å². The molecule has 0 saturated carbocycles. The number of aryl methyl sites for hydroxylation is 1. The fraction of sp³-hybridized carbons (Fsp3) is 0.429. The number of benzene rings is 1. The minimum absolute atomic E-state index is 0.172. The standard InChI is InChI=1S/C14H17F2N3O2/c1-3-12-18-13(21-19-12)7-20-14-10(15)5-9(4-8(2)17)6-11(14)16/h5-6,8H,3-4,7,17H2,1-2H3. The Morgan fingerprint density at radius 2 is 2.00 bits per heavy atom. The highest BCUT2D eigenvalue weighted by atomic mass is 19.1. The number of ether oxygens (including phenoxy) is 1. The summed E-state index contributed by atoms with van der Waals surface area (Å²) in [7, 11) is 0. The van der Waals surface area contributed by atoms with E-state index in [0.29, 0.717) is 24.2 Å². The van der Waals surface area contributed by atoms with Gasteiger partial charge in [-0.1, -0.05) is 12.1 Å². The maximum atomic E-state index is 13.9. The van der Waals surface area contributed by atoms with Crippen LogP contribution in [0.15, 0.2) is 16.7 Å². The summed E-state index contributed by atoms with van der Waals surface area (Å²) in [6.07, 6.45) is 0.996. The van der Waals surface area contributed by atoms with Crippen molar-refractivity contribution in [3.05, 3.63) is 41.0 Å². The Hall–Kier alpha value is -2.02. The summed E-state index contributed by atoms with van der Waals surface area (Å²) in [4.78, 5) is 4.00. The predicted molar refractivity (Wildman–Crippen MR) is 71.7 cm³/mol. The second-order valence-electron chi connectivity index (χ2n) is 4.82. The van der Waals surface area contributed by atoms with Crippen molar-refractivity contribution in [3.63, 3.8) is 0 Å². The van der Waals surface area contributed by atoms with Crippen molar-refractivity contribution >= 4 is 0 Å². The Bertz CT molecular complexity index is 591. The highest BCUT2D eigenvalue weighted by Gasteiger charge is 2.15. The first-order chi connectivity index (χ1) is 9.99. The van der Waals surface area contributed by atoms with Crippen molar-refractivity contribution in [2.24, 2.45) is 5.73 Å². The van der Waals surface area contributed by atoms with E-state index in [1.54, 1.807) is 6.92 Å². The van der Waals surface area contributed by atoms with Crippen LogP contribution in [-0.2, 0) is 19.4 Å². The van der Waals surface area contributed by atoms with Gasteiger partial charge in [-0.05, 0) is 31.0 Å². The average molecular weight is 297 g/mol. The maximum absolute atomic E-state index is 13.9. The first-order valence-corrected chi connectivity index (χ1v) is 6.67. The molecule has 0 bridgehead atoms. The predicted octanol–water partition coefficient (Wildman–Crippen LogP) is 2.38. The molecule has 1 unspecified atom stereocenters. The highest BCUT2D eigenvalue weighted by Crippen LogP contribution is 2.24. The molecule has 2 rings (SSSR count). The third kappa shape index (κ3) is 3.98. The van der Waals surface area contributed by atoms with Crippen LogP contribution >= 0.6 is 0 Å². The van der Waals surface area contributed by atoms with Crippen molar-refractivity contribution in [2.75, 3.05) is 0 Å².